The zero-order valence-electron chi connectivity index (χ0n) is 11.2. The van der Waals surface area contributed by atoms with Crippen molar-refractivity contribution in [1.82, 2.24) is 8.96 Å². The number of fused-ring (bicyclic) bond motifs is 1. The van der Waals surface area contributed by atoms with Crippen molar-refractivity contribution < 1.29 is 8.42 Å². The molecule has 0 aliphatic carbocycles. The molecule has 0 aliphatic rings. The largest absolute Gasteiger partial charge is 0.269 e. The van der Waals surface area contributed by atoms with E-state index in [2.05, 4.69) is 11.1 Å². The van der Waals surface area contributed by atoms with Crippen LogP contribution in [0.2, 0.25) is 0 Å². The summed E-state index contributed by atoms with van der Waals surface area (Å²) in [4.78, 5) is 4.32. The summed E-state index contributed by atoms with van der Waals surface area (Å²) in [7, 11) is -3.73. The maximum absolute atomic E-state index is 12.8. The number of nitrogens with zero attached hydrogens (tertiary/aromatic N) is 3. The molecule has 0 amide bonds. The predicted octanol–water partition coefficient (Wildman–Crippen LogP) is 2.45. The van der Waals surface area contributed by atoms with Crippen LogP contribution in [0.3, 0.4) is 0 Å². The van der Waals surface area contributed by atoms with Crippen molar-refractivity contribution in [3.05, 3.63) is 59.9 Å². The number of nitriles is 1. The minimum absolute atomic E-state index is 0.190. The third kappa shape index (κ3) is 1.99. The quantitative estimate of drug-likeness (QED) is 0.728. The monoisotopic (exact) mass is 297 g/mol. The highest BCUT2D eigenvalue weighted by Crippen LogP contribution is 2.25. The van der Waals surface area contributed by atoms with E-state index in [0.717, 1.165) is 0 Å². The summed E-state index contributed by atoms with van der Waals surface area (Å²) in [6.45, 7) is 1.68. The second kappa shape index (κ2) is 4.72. The van der Waals surface area contributed by atoms with Gasteiger partial charge in [-0.3, -0.25) is 0 Å². The van der Waals surface area contributed by atoms with Crippen LogP contribution in [-0.2, 0) is 10.0 Å². The summed E-state index contributed by atoms with van der Waals surface area (Å²) in [5.74, 6) is 0. The first-order valence-electron chi connectivity index (χ1n) is 6.23. The van der Waals surface area contributed by atoms with Crippen molar-refractivity contribution >= 4 is 21.1 Å². The Balaban J connectivity index is 2.37. The molecule has 0 atom stereocenters. The first-order chi connectivity index (χ1) is 10.1. The molecule has 0 saturated carbocycles. The molecule has 1 aromatic carbocycles. The Bertz CT molecular complexity index is 967. The van der Waals surface area contributed by atoms with E-state index in [9.17, 15) is 8.42 Å². The van der Waals surface area contributed by atoms with Gasteiger partial charge < -0.3 is 0 Å². The van der Waals surface area contributed by atoms with E-state index < -0.39 is 10.0 Å². The fourth-order valence-electron chi connectivity index (χ4n) is 2.30. The van der Waals surface area contributed by atoms with E-state index in [1.165, 1.54) is 22.3 Å². The molecule has 0 fully saturated rings. The van der Waals surface area contributed by atoms with Gasteiger partial charge in [-0.2, -0.15) is 5.26 Å². The molecule has 2 heterocycles. The summed E-state index contributed by atoms with van der Waals surface area (Å²) >= 11 is 0. The van der Waals surface area contributed by atoms with Crippen LogP contribution in [0.5, 0.6) is 0 Å². The summed E-state index contributed by atoms with van der Waals surface area (Å²) in [6.07, 6.45) is 1.44. The lowest BCUT2D eigenvalue weighted by Crippen LogP contribution is -2.14. The fraction of sp³-hybridized carbons (Fsp3) is 0.0667. The highest BCUT2D eigenvalue weighted by Gasteiger charge is 2.22. The van der Waals surface area contributed by atoms with Crippen LogP contribution in [-0.4, -0.2) is 17.4 Å². The third-order valence-electron chi connectivity index (χ3n) is 3.24. The molecular weight excluding hydrogens is 286 g/mol. The zero-order valence-corrected chi connectivity index (χ0v) is 12.0. The molecular formula is C15H11N3O2S. The van der Waals surface area contributed by atoms with Gasteiger partial charge in [0, 0.05) is 17.3 Å². The van der Waals surface area contributed by atoms with Crippen molar-refractivity contribution in [3.63, 3.8) is 0 Å². The van der Waals surface area contributed by atoms with E-state index in [4.69, 9.17) is 5.26 Å². The van der Waals surface area contributed by atoms with E-state index in [1.54, 1.807) is 37.3 Å². The molecule has 6 heteroatoms. The highest BCUT2D eigenvalue weighted by atomic mass is 32.2. The van der Waals surface area contributed by atoms with Gasteiger partial charge in [-0.1, -0.05) is 18.2 Å². The lowest BCUT2D eigenvalue weighted by molar-refractivity contribution is 0.587. The number of hydrogen-bond acceptors (Lipinski definition) is 4. The summed E-state index contributed by atoms with van der Waals surface area (Å²) in [5.41, 5.74) is 1.20. The van der Waals surface area contributed by atoms with Crippen molar-refractivity contribution in [2.75, 3.05) is 0 Å². The van der Waals surface area contributed by atoms with Crippen LogP contribution in [0.4, 0.5) is 0 Å². The van der Waals surface area contributed by atoms with Crippen LogP contribution in [0, 0.1) is 18.3 Å². The smallest absolute Gasteiger partial charge is 0.237 e. The van der Waals surface area contributed by atoms with Crippen LogP contribution in [0.1, 0.15) is 11.3 Å². The second-order valence-electron chi connectivity index (χ2n) is 4.58. The normalized spacial score (nSPS) is 11.4. The van der Waals surface area contributed by atoms with Gasteiger partial charge in [0.1, 0.15) is 0 Å². The topological polar surface area (TPSA) is 75.8 Å². The average Bonchev–Trinajstić information content (AvgIpc) is 2.84. The molecule has 0 spiro atoms. The molecule has 0 bridgehead atoms. The third-order valence-corrected chi connectivity index (χ3v) is 5.05. The summed E-state index contributed by atoms with van der Waals surface area (Å²) < 4.78 is 26.7. The Morgan fingerprint density at radius 2 is 1.90 bits per heavy atom. The zero-order chi connectivity index (χ0) is 15.0. The Hall–Kier alpha value is -2.65. The highest BCUT2D eigenvalue weighted by molar-refractivity contribution is 7.90. The van der Waals surface area contributed by atoms with E-state index in [1.807, 2.05) is 0 Å². The number of rotatable bonds is 2. The van der Waals surface area contributed by atoms with Gasteiger partial charge >= 0.3 is 0 Å². The van der Waals surface area contributed by atoms with Crippen LogP contribution >= 0.6 is 0 Å². The van der Waals surface area contributed by atoms with Crippen molar-refractivity contribution in [2.24, 2.45) is 0 Å². The molecule has 0 saturated heterocycles. The Kier molecular flexibility index (Phi) is 3.00. The molecule has 3 aromatic rings. The maximum atomic E-state index is 12.8. The lowest BCUT2D eigenvalue weighted by Gasteiger charge is -2.09. The summed E-state index contributed by atoms with van der Waals surface area (Å²) in [6, 6.07) is 13.5. The Morgan fingerprint density at radius 3 is 2.57 bits per heavy atom. The number of benzene rings is 1. The minimum atomic E-state index is -3.73. The van der Waals surface area contributed by atoms with Gasteiger partial charge in [-0.15, -0.1) is 0 Å². The first-order valence-corrected chi connectivity index (χ1v) is 7.67. The Labute approximate surface area is 122 Å². The molecule has 5 nitrogen and oxygen atoms in total. The number of pyridine rings is 1. The predicted molar refractivity (Wildman–Crippen MR) is 78.2 cm³/mol. The van der Waals surface area contributed by atoms with Crippen molar-refractivity contribution in [2.45, 2.75) is 11.8 Å². The van der Waals surface area contributed by atoms with Crippen LogP contribution in [0.25, 0.3) is 11.0 Å². The molecule has 104 valence electrons. The fourth-order valence-corrected chi connectivity index (χ4v) is 3.82. The van der Waals surface area contributed by atoms with E-state index in [0.29, 0.717) is 16.6 Å². The number of hydrogen-bond donors (Lipinski definition) is 0. The molecule has 0 radical (unpaired) electrons. The van der Waals surface area contributed by atoms with Crippen molar-refractivity contribution in [3.8, 4) is 6.07 Å². The molecule has 3 rings (SSSR count). The number of aromatic nitrogens is 2. The van der Waals surface area contributed by atoms with Gasteiger partial charge in [-0.05, 0) is 31.2 Å². The summed E-state index contributed by atoms with van der Waals surface area (Å²) in [5, 5.41) is 9.66. The van der Waals surface area contributed by atoms with E-state index in [-0.39, 0.29) is 10.5 Å². The molecule has 0 unspecified atom stereocenters. The minimum Gasteiger partial charge on any atom is -0.237 e. The van der Waals surface area contributed by atoms with Gasteiger partial charge in [0.05, 0.1) is 16.5 Å². The maximum Gasteiger partial charge on any atom is 0.269 e. The molecule has 0 N–H and O–H groups in total. The second-order valence-corrected chi connectivity index (χ2v) is 6.36. The molecule has 0 aliphatic heterocycles. The SMILES string of the molecule is Cc1cc2c(C#N)ccnc2n1S(=O)(=O)c1ccccc1. The average molecular weight is 297 g/mol. The van der Waals surface area contributed by atoms with Gasteiger partial charge in [0.2, 0.25) is 0 Å². The van der Waals surface area contributed by atoms with Crippen molar-refractivity contribution in [1.29, 1.82) is 5.26 Å². The standard InChI is InChI=1S/C15H11N3O2S/c1-11-9-14-12(10-16)7-8-17-15(14)18(11)21(19,20)13-5-3-2-4-6-13/h2-9H,1H3. The van der Waals surface area contributed by atoms with Crippen LogP contribution < -0.4 is 0 Å². The molecule has 21 heavy (non-hydrogen) atoms. The van der Waals surface area contributed by atoms with Crippen LogP contribution in [0.15, 0.2) is 53.6 Å². The van der Waals surface area contributed by atoms with Gasteiger partial charge in [-0.25, -0.2) is 17.4 Å². The molecule has 2 aromatic heterocycles. The Morgan fingerprint density at radius 1 is 1.19 bits per heavy atom. The van der Waals surface area contributed by atoms with Gasteiger partial charge in [0.25, 0.3) is 10.0 Å². The first kappa shape index (κ1) is 13.3. The lowest BCUT2D eigenvalue weighted by atomic mass is 10.2. The van der Waals surface area contributed by atoms with E-state index >= 15 is 0 Å². The number of aryl methyl sites for hydroxylation is 1. The van der Waals surface area contributed by atoms with Gasteiger partial charge in [0.15, 0.2) is 5.65 Å².